The minimum absolute atomic E-state index is 0.0759. The molecule has 0 radical (unpaired) electrons. The molecule has 0 aliphatic carbocycles. The third-order valence-corrected chi connectivity index (χ3v) is 4.90. The molecule has 0 fully saturated rings. The number of hydrogen-bond acceptors (Lipinski definition) is 5. The Morgan fingerprint density at radius 3 is 2.85 bits per heavy atom. The summed E-state index contributed by atoms with van der Waals surface area (Å²) in [4.78, 5) is 8.46. The number of nitrogens with one attached hydrogen (secondary N) is 1. The molecule has 26 heavy (non-hydrogen) atoms. The Hall–Kier alpha value is -2.48. The van der Waals surface area contributed by atoms with E-state index in [0.717, 1.165) is 48.3 Å². The van der Waals surface area contributed by atoms with E-state index < -0.39 is 0 Å². The number of fused-ring (bicyclic) bond motifs is 3. The van der Waals surface area contributed by atoms with Crippen LogP contribution in [0.25, 0.3) is 11.0 Å². The van der Waals surface area contributed by atoms with Gasteiger partial charge in [-0.3, -0.25) is 5.41 Å². The average molecular weight is 359 g/mol. The fourth-order valence-corrected chi connectivity index (χ4v) is 3.56. The first-order valence-electron chi connectivity index (χ1n) is 8.97. The van der Waals surface area contributed by atoms with Crippen LogP contribution in [0.5, 0.6) is 5.75 Å². The second-order valence-corrected chi connectivity index (χ2v) is 7.34. The molecule has 8 nitrogen and oxygen atoms in total. The van der Waals surface area contributed by atoms with E-state index in [1.54, 1.807) is 4.90 Å². The molecule has 1 aromatic carbocycles. The maximum Gasteiger partial charge on any atom is 0.201 e. The van der Waals surface area contributed by atoms with E-state index in [0.29, 0.717) is 19.1 Å². The molecule has 1 unspecified atom stereocenters. The minimum Gasteiger partial charge on any atom is -0.493 e. The molecule has 0 bridgehead atoms. The molecule has 0 saturated heterocycles. The zero-order chi connectivity index (χ0) is 18.8. The van der Waals surface area contributed by atoms with Crippen LogP contribution in [-0.2, 0) is 13.0 Å². The second-order valence-electron chi connectivity index (χ2n) is 7.34. The van der Waals surface area contributed by atoms with Gasteiger partial charge in [-0.05, 0) is 45.6 Å². The smallest absolute Gasteiger partial charge is 0.201 e. The number of rotatable bonds is 6. The number of nitrogen functional groups attached to an aromatic ring is 1. The van der Waals surface area contributed by atoms with Crippen molar-refractivity contribution >= 4 is 22.9 Å². The summed E-state index contributed by atoms with van der Waals surface area (Å²) in [5.41, 5.74) is 14.9. The standard InChI is InChI=1S/C18H29N7O/c1-23(2)7-4-8-25-16-13-9-12(10-24(3)17(19)20)11-26-15(13)6-5-14(16)22-18(25)21/h5-6,12H,4,7-11H2,1-3H3,(H3,19,20)(H2,21,22). The van der Waals surface area contributed by atoms with E-state index in [1.807, 2.05) is 19.2 Å². The van der Waals surface area contributed by atoms with Crippen molar-refractivity contribution in [3.05, 3.63) is 17.7 Å². The quantitative estimate of drug-likeness (QED) is 0.523. The SMILES string of the molecule is CN(C)CCCn1c(N)nc2ccc3c(c21)CC(CN(C)C(=N)N)CO3. The molecule has 0 saturated carbocycles. The predicted octanol–water partition coefficient (Wildman–Crippen LogP) is 0.947. The summed E-state index contributed by atoms with van der Waals surface area (Å²) >= 11 is 0. The molecule has 0 amide bonds. The van der Waals surface area contributed by atoms with Gasteiger partial charge in [-0.1, -0.05) is 0 Å². The lowest BCUT2D eigenvalue weighted by Gasteiger charge is -2.29. The molecule has 1 aromatic heterocycles. The van der Waals surface area contributed by atoms with E-state index in [2.05, 4.69) is 28.5 Å². The number of benzene rings is 1. The second kappa shape index (κ2) is 7.41. The number of imidazole rings is 1. The first-order chi connectivity index (χ1) is 12.4. The fourth-order valence-electron chi connectivity index (χ4n) is 3.56. The van der Waals surface area contributed by atoms with E-state index in [-0.39, 0.29) is 11.9 Å². The van der Waals surface area contributed by atoms with E-state index >= 15 is 0 Å². The van der Waals surface area contributed by atoms with Crippen molar-refractivity contribution in [3.63, 3.8) is 0 Å². The monoisotopic (exact) mass is 359 g/mol. The van der Waals surface area contributed by atoms with Crippen molar-refractivity contribution in [2.75, 3.05) is 46.6 Å². The molecule has 1 atom stereocenters. The Kier molecular flexibility index (Phi) is 5.22. The van der Waals surface area contributed by atoms with Gasteiger partial charge in [-0.2, -0.15) is 0 Å². The molecule has 1 aliphatic rings. The van der Waals surface area contributed by atoms with Crippen LogP contribution >= 0.6 is 0 Å². The molecule has 1 aliphatic heterocycles. The van der Waals surface area contributed by atoms with Crippen LogP contribution in [0, 0.1) is 11.3 Å². The summed E-state index contributed by atoms with van der Waals surface area (Å²) in [6.45, 7) is 3.14. The Morgan fingerprint density at radius 1 is 1.38 bits per heavy atom. The molecule has 2 heterocycles. The summed E-state index contributed by atoms with van der Waals surface area (Å²) in [6, 6.07) is 3.97. The maximum absolute atomic E-state index is 7.57. The maximum atomic E-state index is 7.57. The highest BCUT2D eigenvalue weighted by molar-refractivity contribution is 5.84. The number of hydrogen-bond donors (Lipinski definition) is 3. The van der Waals surface area contributed by atoms with E-state index in [9.17, 15) is 0 Å². The normalized spacial score (nSPS) is 16.5. The van der Waals surface area contributed by atoms with E-state index in [4.69, 9.17) is 21.6 Å². The first kappa shape index (κ1) is 18.3. The average Bonchev–Trinajstić information content (AvgIpc) is 2.90. The van der Waals surface area contributed by atoms with Crippen molar-refractivity contribution in [1.82, 2.24) is 19.4 Å². The van der Waals surface area contributed by atoms with Crippen molar-refractivity contribution in [2.45, 2.75) is 19.4 Å². The highest BCUT2D eigenvalue weighted by Gasteiger charge is 2.26. The van der Waals surface area contributed by atoms with Gasteiger partial charge < -0.3 is 30.6 Å². The van der Waals surface area contributed by atoms with Gasteiger partial charge in [0, 0.05) is 31.6 Å². The zero-order valence-electron chi connectivity index (χ0n) is 15.8. The van der Waals surface area contributed by atoms with Gasteiger partial charge >= 0.3 is 0 Å². The van der Waals surface area contributed by atoms with Crippen LogP contribution in [0.2, 0.25) is 0 Å². The van der Waals surface area contributed by atoms with Crippen molar-refractivity contribution < 1.29 is 4.74 Å². The number of nitrogens with two attached hydrogens (primary N) is 2. The molecular weight excluding hydrogens is 330 g/mol. The fraction of sp³-hybridized carbons (Fsp3) is 0.556. The number of ether oxygens (including phenoxy) is 1. The highest BCUT2D eigenvalue weighted by Crippen LogP contribution is 2.35. The van der Waals surface area contributed by atoms with Crippen molar-refractivity contribution in [2.24, 2.45) is 11.7 Å². The van der Waals surface area contributed by atoms with Crippen LogP contribution in [0.3, 0.4) is 0 Å². The minimum atomic E-state index is 0.0759. The van der Waals surface area contributed by atoms with Gasteiger partial charge in [-0.25, -0.2) is 4.98 Å². The van der Waals surface area contributed by atoms with Crippen molar-refractivity contribution in [1.29, 1.82) is 5.41 Å². The molecule has 5 N–H and O–H groups in total. The molecule has 8 heteroatoms. The Bertz CT molecular complexity index is 798. The molecule has 142 valence electrons. The number of guanidine groups is 1. The lowest BCUT2D eigenvalue weighted by atomic mass is 9.95. The van der Waals surface area contributed by atoms with Gasteiger partial charge in [0.1, 0.15) is 5.75 Å². The molecular formula is C18H29N7O. The molecule has 2 aromatic rings. The van der Waals surface area contributed by atoms with Crippen LogP contribution in [0.1, 0.15) is 12.0 Å². The lowest BCUT2D eigenvalue weighted by Crippen LogP contribution is -2.39. The topological polar surface area (TPSA) is 109 Å². The predicted molar refractivity (Wildman–Crippen MR) is 105 cm³/mol. The van der Waals surface area contributed by atoms with Gasteiger partial charge in [0.2, 0.25) is 5.95 Å². The zero-order valence-corrected chi connectivity index (χ0v) is 15.8. The van der Waals surface area contributed by atoms with Crippen LogP contribution in [-0.4, -0.2) is 66.1 Å². The molecule has 0 spiro atoms. The lowest BCUT2D eigenvalue weighted by molar-refractivity contribution is 0.201. The summed E-state index contributed by atoms with van der Waals surface area (Å²) in [5, 5.41) is 7.57. The Labute approximate surface area is 154 Å². The molecule has 3 rings (SSSR count). The third-order valence-electron chi connectivity index (χ3n) is 4.90. The Balaban J connectivity index is 1.89. The number of nitrogens with zero attached hydrogens (tertiary/aromatic N) is 4. The van der Waals surface area contributed by atoms with Gasteiger partial charge in [0.25, 0.3) is 0 Å². The third kappa shape index (κ3) is 3.70. The summed E-state index contributed by atoms with van der Waals surface area (Å²) in [6.07, 6.45) is 1.87. The van der Waals surface area contributed by atoms with Crippen molar-refractivity contribution in [3.8, 4) is 5.75 Å². The highest BCUT2D eigenvalue weighted by atomic mass is 16.5. The number of aryl methyl sites for hydroxylation is 1. The first-order valence-corrected chi connectivity index (χ1v) is 8.97. The summed E-state index contributed by atoms with van der Waals surface area (Å²) in [7, 11) is 5.98. The van der Waals surface area contributed by atoms with E-state index in [1.165, 1.54) is 0 Å². The largest absolute Gasteiger partial charge is 0.493 e. The van der Waals surface area contributed by atoms with Crippen LogP contribution < -0.4 is 16.2 Å². The summed E-state index contributed by atoms with van der Waals surface area (Å²) in [5.74, 6) is 1.81. The van der Waals surface area contributed by atoms with Gasteiger partial charge in [0.15, 0.2) is 5.96 Å². The number of aromatic nitrogens is 2. The van der Waals surface area contributed by atoms with Gasteiger partial charge in [-0.15, -0.1) is 0 Å². The number of anilines is 1. The van der Waals surface area contributed by atoms with Crippen LogP contribution in [0.4, 0.5) is 5.95 Å². The summed E-state index contributed by atoms with van der Waals surface area (Å²) < 4.78 is 8.11. The van der Waals surface area contributed by atoms with Gasteiger partial charge in [0.05, 0.1) is 17.6 Å². The Morgan fingerprint density at radius 2 is 2.15 bits per heavy atom. The van der Waals surface area contributed by atoms with Crippen LogP contribution in [0.15, 0.2) is 12.1 Å².